The van der Waals surface area contributed by atoms with Crippen LogP contribution in [0.25, 0.3) is 22.1 Å². The molecule has 3 aromatic heterocycles. The van der Waals surface area contributed by atoms with Gasteiger partial charge in [0.1, 0.15) is 12.1 Å². The second-order valence-corrected chi connectivity index (χ2v) is 8.20. The number of aryl methyl sites for hydroxylation is 1. The van der Waals surface area contributed by atoms with Crippen molar-refractivity contribution in [3.8, 4) is 0 Å². The van der Waals surface area contributed by atoms with E-state index in [0.29, 0.717) is 0 Å². The van der Waals surface area contributed by atoms with Gasteiger partial charge in [0.15, 0.2) is 11.2 Å². The number of para-hydroxylation sites is 1. The number of carbonyl (C=O) groups excluding carboxylic acids is 1. The smallest absolute Gasteiger partial charge is 0.328 e. The number of H-pyrrole nitrogens is 2. The highest BCUT2D eigenvalue weighted by Gasteiger charge is 2.24. The Morgan fingerprint density at radius 2 is 1.84 bits per heavy atom. The lowest BCUT2D eigenvalue weighted by molar-refractivity contribution is 0.234. The van der Waals surface area contributed by atoms with E-state index >= 15 is 0 Å². The molecular formula is C22H23N7O3. The van der Waals surface area contributed by atoms with E-state index in [1.165, 1.54) is 11.9 Å². The first kappa shape index (κ1) is 20.0. The van der Waals surface area contributed by atoms with Gasteiger partial charge >= 0.3 is 11.7 Å². The number of amides is 1. The summed E-state index contributed by atoms with van der Waals surface area (Å²) >= 11 is 0. The summed E-state index contributed by atoms with van der Waals surface area (Å²) in [7, 11) is 0. The van der Waals surface area contributed by atoms with Crippen molar-refractivity contribution in [1.82, 2.24) is 29.8 Å². The molecule has 4 N–H and O–H groups in total. The van der Waals surface area contributed by atoms with Gasteiger partial charge in [-0.3, -0.25) is 14.8 Å². The fourth-order valence-electron chi connectivity index (χ4n) is 4.35. The van der Waals surface area contributed by atoms with Crippen LogP contribution in [0.5, 0.6) is 0 Å². The summed E-state index contributed by atoms with van der Waals surface area (Å²) in [6, 6.07) is 10.0. The van der Waals surface area contributed by atoms with Crippen LogP contribution in [0, 0.1) is 6.92 Å². The minimum absolute atomic E-state index is 0.00184. The summed E-state index contributed by atoms with van der Waals surface area (Å²) in [5.41, 5.74) is 0.958. The van der Waals surface area contributed by atoms with Gasteiger partial charge < -0.3 is 10.6 Å². The summed E-state index contributed by atoms with van der Waals surface area (Å²) in [6.45, 7) is 2.09. The van der Waals surface area contributed by atoms with E-state index in [2.05, 4.69) is 44.6 Å². The number of fused-ring (bicyclic) bond motifs is 2. The fourth-order valence-corrected chi connectivity index (χ4v) is 4.35. The van der Waals surface area contributed by atoms with Crippen molar-refractivity contribution < 1.29 is 4.79 Å². The van der Waals surface area contributed by atoms with E-state index in [1.807, 2.05) is 18.2 Å². The van der Waals surface area contributed by atoms with Gasteiger partial charge in [0.25, 0.3) is 5.56 Å². The molecule has 1 aromatic carbocycles. The van der Waals surface area contributed by atoms with Gasteiger partial charge in [0.05, 0.1) is 5.52 Å². The topological polar surface area (TPSA) is 138 Å². The standard InChI is InChI=1S/C22H23N7O3/c1-12-10-17(26-16-5-3-2-4-15(12)16)24-13-6-8-14(9-7-13)25-22(32)29-11-23-18-19(29)27-21(31)28-20(18)30/h2-5,10-11,13-14H,6-9H2,1H3,(H,24,26)(H,25,32)(H2,27,28,30,31). The number of nitrogens with one attached hydrogen (secondary N) is 4. The van der Waals surface area contributed by atoms with Gasteiger partial charge in [-0.15, -0.1) is 0 Å². The number of benzene rings is 1. The quantitative estimate of drug-likeness (QED) is 0.391. The zero-order valence-corrected chi connectivity index (χ0v) is 17.5. The highest BCUT2D eigenvalue weighted by atomic mass is 16.2. The summed E-state index contributed by atoms with van der Waals surface area (Å²) in [5, 5.41) is 7.66. The third kappa shape index (κ3) is 3.75. The van der Waals surface area contributed by atoms with Crippen molar-refractivity contribution in [2.24, 2.45) is 0 Å². The maximum atomic E-state index is 12.7. The molecule has 4 aromatic rings. The van der Waals surface area contributed by atoms with Crippen LogP contribution in [0.15, 0.2) is 46.2 Å². The number of anilines is 1. The Hall–Kier alpha value is -3.95. The van der Waals surface area contributed by atoms with Crippen LogP contribution in [0.2, 0.25) is 0 Å². The van der Waals surface area contributed by atoms with E-state index in [1.54, 1.807) is 0 Å². The molecule has 10 heteroatoms. The Bertz CT molecular complexity index is 1430. The predicted molar refractivity (Wildman–Crippen MR) is 121 cm³/mol. The van der Waals surface area contributed by atoms with Crippen LogP contribution in [-0.2, 0) is 0 Å². The highest BCUT2D eigenvalue weighted by molar-refractivity contribution is 5.86. The molecule has 0 radical (unpaired) electrons. The van der Waals surface area contributed by atoms with Crippen LogP contribution >= 0.6 is 0 Å². The highest BCUT2D eigenvalue weighted by Crippen LogP contribution is 2.25. The van der Waals surface area contributed by atoms with Crippen LogP contribution in [0.4, 0.5) is 10.6 Å². The largest absolute Gasteiger partial charge is 0.367 e. The summed E-state index contributed by atoms with van der Waals surface area (Å²) in [5.74, 6) is 0.868. The van der Waals surface area contributed by atoms with Gasteiger partial charge in [-0.05, 0) is 50.3 Å². The minimum Gasteiger partial charge on any atom is -0.367 e. The van der Waals surface area contributed by atoms with Crippen molar-refractivity contribution in [1.29, 1.82) is 0 Å². The first-order valence-electron chi connectivity index (χ1n) is 10.6. The zero-order valence-electron chi connectivity index (χ0n) is 17.5. The molecule has 0 atom stereocenters. The van der Waals surface area contributed by atoms with Crippen LogP contribution in [0.1, 0.15) is 31.2 Å². The average molecular weight is 433 g/mol. The number of imidazole rings is 1. The second-order valence-electron chi connectivity index (χ2n) is 8.20. The summed E-state index contributed by atoms with van der Waals surface area (Å²) in [4.78, 5) is 49.3. The Morgan fingerprint density at radius 1 is 1.09 bits per heavy atom. The fraction of sp³-hybridized carbons (Fsp3) is 0.318. The lowest BCUT2D eigenvalue weighted by atomic mass is 9.91. The lowest BCUT2D eigenvalue weighted by Crippen LogP contribution is -2.42. The van der Waals surface area contributed by atoms with E-state index in [4.69, 9.17) is 4.98 Å². The molecule has 3 heterocycles. The molecule has 0 aliphatic heterocycles. The molecule has 0 bridgehead atoms. The van der Waals surface area contributed by atoms with Crippen LogP contribution in [-0.4, -0.2) is 42.6 Å². The molecule has 5 rings (SSSR count). The zero-order chi connectivity index (χ0) is 22.2. The maximum absolute atomic E-state index is 12.7. The average Bonchev–Trinajstić information content (AvgIpc) is 3.19. The minimum atomic E-state index is -0.679. The van der Waals surface area contributed by atoms with Crippen LogP contribution in [0.3, 0.4) is 0 Å². The Labute approximate surface area is 182 Å². The van der Waals surface area contributed by atoms with E-state index in [-0.39, 0.29) is 23.2 Å². The molecule has 32 heavy (non-hydrogen) atoms. The molecule has 1 fully saturated rings. The van der Waals surface area contributed by atoms with Gasteiger partial charge in [0, 0.05) is 17.5 Å². The molecule has 1 saturated carbocycles. The summed E-state index contributed by atoms with van der Waals surface area (Å²) in [6.07, 6.45) is 4.63. The number of nitrogens with zero attached hydrogens (tertiary/aromatic N) is 3. The third-order valence-corrected chi connectivity index (χ3v) is 5.99. The number of pyridine rings is 1. The van der Waals surface area contributed by atoms with E-state index in [0.717, 1.165) is 47.0 Å². The predicted octanol–water partition coefficient (Wildman–Crippen LogP) is 2.25. The van der Waals surface area contributed by atoms with Gasteiger partial charge in [-0.1, -0.05) is 18.2 Å². The van der Waals surface area contributed by atoms with Gasteiger partial charge in [-0.25, -0.2) is 24.1 Å². The number of aromatic amines is 2. The van der Waals surface area contributed by atoms with Crippen molar-refractivity contribution in [2.75, 3.05) is 5.32 Å². The number of hydrogen-bond donors (Lipinski definition) is 4. The molecule has 0 spiro atoms. The number of aromatic nitrogens is 5. The molecule has 10 nitrogen and oxygen atoms in total. The third-order valence-electron chi connectivity index (χ3n) is 5.99. The lowest BCUT2D eigenvalue weighted by Gasteiger charge is -2.30. The van der Waals surface area contributed by atoms with Gasteiger partial charge in [-0.2, -0.15) is 0 Å². The first-order valence-corrected chi connectivity index (χ1v) is 10.6. The molecule has 1 amide bonds. The molecule has 164 valence electrons. The van der Waals surface area contributed by atoms with Crippen molar-refractivity contribution >= 4 is 33.9 Å². The van der Waals surface area contributed by atoms with Crippen molar-refractivity contribution in [2.45, 2.75) is 44.7 Å². The molecular weight excluding hydrogens is 410 g/mol. The Kier molecular flexibility index (Phi) is 4.96. The SMILES string of the molecule is Cc1cc(NC2CCC(NC(=O)n3cnc4c(=O)[nH]c(=O)[nH]c43)CC2)nc2ccccc12. The molecule has 1 aliphatic rings. The molecule has 0 saturated heterocycles. The monoisotopic (exact) mass is 433 g/mol. The van der Waals surface area contributed by atoms with Crippen molar-refractivity contribution in [3.05, 3.63) is 63.1 Å². The normalized spacial score (nSPS) is 18.7. The number of rotatable bonds is 3. The maximum Gasteiger partial charge on any atom is 0.328 e. The molecule has 1 aliphatic carbocycles. The second kappa shape index (κ2) is 7.95. The Balaban J connectivity index is 1.22. The Morgan fingerprint density at radius 3 is 2.66 bits per heavy atom. The molecule has 0 unspecified atom stereocenters. The van der Waals surface area contributed by atoms with E-state index in [9.17, 15) is 14.4 Å². The number of hydrogen-bond acceptors (Lipinski definition) is 6. The van der Waals surface area contributed by atoms with Crippen LogP contribution < -0.4 is 21.9 Å². The van der Waals surface area contributed by atoms with E-state index < -0.39 is 17.3 Å². The first-order chi connectivity index (χ1) is 15.5. The van der Waals surface area contributed by atoms with Crippen molar-refractivity contribution in [3.63, 3.8) is 0 Å². The number of carbonyl (C=O) groups is 1. The van der Waals surface area contributed by atoms with Gasteiger partial charge in [0.2, 0.25) is 0 Å². The summed E-state index contributed by atoms with van der Waals surface area (Å²) < 4.78 is 1.16.